The standard InChI is InChI=1S/C15H23ClN2O/c1-13-12-17-8-10-18(13)9-4-5-11-19-15-7-3-2-6-14(15)16/h2-3,6-7,13,17H,4-5,8-12H2,1H3/t13-/m0/s1. The second kappa shape index (κ2) is 7.73. The molecular weight excluding hydrogens is 260 g/mol. The maximum absolute atomic E-state index is 6.04. The summed E-state index contributed by atoms with van der Waals surface area (Å²) >= 11 is 6.04. The van der Waals surface area contributed by atoms with Gasteiger partial charge in [0.1, 0.15) is 5.75 Å². The lowest BCUT2D eigenvalue weighted by Gasteiger charge is -2.33. The molecule has 0 unspecified atom stereocenters. The lowest BCUT2D eigenvalue weighted by atomic mass is 10.2. The van der Waals surface area contributed by atoms with E-state index >= 15 is 0 Å². The summed E-state index contributed by atoms with van der Waals surface area (Å²) < 4.78 is 5.69. The predicted octanol–water partition coefficient (Wildman–Crippen LogP) is 2.79. The molecular formula is C15H23ClN2O. The zero-order valence-electron chi connectivity index (χ0n) is 11.6. The minimum absolute atomic E-state index is 0.651. The van der Waals surface area contributed by atoms with Gasteiger partial charge in [0.2, 0.25) is 0 Å². The summed E-state index contributed by atoms with van der Waals surface area (Å²) in [6.07, 6.45) is 2.25. The zero-order chi connectivity index (χ0) is 13.5. The van der Waals surface area contributed by atoms with Crippen LogP contribution in [0.3, 0.4) is 0 Å². The van der Waals surface area contributed by atoms with E-state index in [4.69, 9.17) is 16.3 Å². The number of para-hydroxylation sites is 1. The van der Waals surface area contributed by atoms with Crippen LogP contribution in [0.1, 0.15) is 19.8 Å². The van der Waals surface area contributed by atoms with Crippen LogP contribution >= 0.6 is 11.6 Å². The number of hydrogen-bond acceptors (Lipinski definition) is 3. The number of halogens is 1. The Balaban J connectivity index is 1.61. The van der Waals surface area contributed by atoms with Gasteiger partial charge in [0, 0.05) is 25.7 Å². The number of nitrogens with zero attached hydrogens (tertiary/aromatic N) is 1. The molecule has 2 rings (SSSR count). The van der Waals surface area contributed by atoms with Crippen LogP contribution in [-0.4, -0.2) is 43.7 Å². The van der Waals surface area contributed by atoms with Crippen LogP contribution in [0.15, 0.2) is 24.3 Å². The Morgan fingerprint density at radius 1 is 1.37 bits per heavy atom. The van der Waals surface area contributed by atoms with Gasteiger partial charge in [-0.1, -0.05) is 23.7 Å². The SMILES string of the molecule is C[C@H]1CNCCN1CCCCOc1ccccc1Cl. The molecule has 3 nitrogen and oxygen atoms in total. The van der Waals surface area contributed by atoms with E-state index in [0.29, 0.717) is 11.1 Å². The summed E-state index contributed by atoms with van der Waals surface area (Å²) in [5.74, 6) is 0.791. The van der Waals surface area contributed by atoms with Crippen LogP contribution in [0.5, 0.6) is 5.75 Å². The Kier molecular flexibility index (Phi) is 5.95. The van der Waals surface area contributed by atoms with Gasteiger partial charge in [0.25, 0.3) is 0 Å². The second-order valence-electron chi connectivity index (χ2n) is 5.08. The maximum atomic E-state index is 6.04. The minimum Gasteiger partial charge on any atom is -0.492 e. The molecule has 1 aliphatic rings. The zero-order valence-corrected chi connectivity index (χ0v) is 12.3. The smallest absolute Gasteiger partial charge is 0.137 e. The minimum atomic E-state index is 0.651. The third-order valence-corrected chi connectivity index (χ3v) is 3.89. The highest BCUT2D eigenvalue weighted by atomic mass is 35.5. The molecule has 19 heavy (non-hydrogen) atoms. The van der Waals surface area contributed by atoms with Crippen LogP contribution in [0.25, 0.3) is 0 Å². The predicted molar refractivity (Wildman–Crippen MR) is 80.1 cm³/mol. The third-order valence-electron chi connectivity index (χ3n) is 3.57. The monoisotopic (exact) mass is 282 g/mol. The first-order valence-corrected chi connectivity index (χ1v) is 7.47. The van der Waals surface area contributed by atoms with Gasteiger partial charge in [-0.05, 0) is 38.4 Å². The van der Waals surface area contributed by atoms with Crippen molar-refractivity contribution in [3.05, 3.63) is 29.3 Å². The average molecular weight is 283 g/mol. The van der Waals surface area contributed by atoms with E-state index in [9.17, 15) is 0 Å². The molecule has 0 amide bonds. The van der Waals surface area contributed by atoms with Crippen molar-refractivity contribution in [2.75, 3.05) is 32.8 Å². The Bertz CT molecular complexity index is 386. The number of unbranched alkanes of at least 4 members (excludes halogenated alkanes) is 1. The van der Waals surface area contributed by atoms with Crippen LogP contribution in [0, 0.1) is 0 Å². The summed E-state index contributed by atoms with van der Waals surface area (Å²) in [4.78, 5) is 2.55. The van der Waals surface area contributed by atoms with Gasteiger partial charge in [-0.2, -0.15) is 0 Å². The molecule has 1 N–H and O–H groups in total. The summed E-state index contributed by atoms with van der Waals surface area (Å²) in [7, 11) is 0. The molecule has 0 bridgehead atoms. The van der Waals surface area contributed by atoms with Gasteiger partial charge in [0.05, 0.1) is 11.6 Å². The molecule has 106 valence electrons. The van der Waals surface area contributed by atoms with Gasteiger partial charge in [-0.25, -0.2) is 0 Å². The van der Waals surface area contributed by atoms with Gasteiger partial charge < -0.3 is 10.1 Å². The van der Waals surface area contributed by atoms with E-state index in [1.165, 1.54) is 6.42 Å². The van der Waals surface area contributed by atoms with E-state index in [0.717, 1.165) is 45.0 Å². The average Bonchev–Trinajstić information content (AvgIpc) is 2.42. The van der Waals surface area contributed by atoms with E-state index in [1.807, 2.05) is 24.3 Å². The van der Waals surface area contributed by atoms with Crippen molar-refractivity contribution in [1.29, 1.82) is 0 Å². The second-order valence-corrected chi connectivity index (χ2v) is 5.48. The summed E-state index contributed by atoms with van der Waals surface area (Å²) in [5, 5.41) is 4.11. The highest BCUT2D eigenvalue weighted by Crippen LogP contribution is 2.23. The maximum Gasteiger partial charge on any atom is 0.137 e. The van der Waals surface area contributed by atoms with Crippen molar-refractivity contribution in [2.45, 2.75) is 25.8 Å². The Morgan fingerprint density at radius 2 is 2.21 bits per heavy atom. The van der Waals surface area contributed by atoms with Crippen molar-refractivity contribution < 1.29 is 4.74 Å². The fraction of sp³-hybridized carbons (Fsp3) is 0.600. The van der Waals surface area contributed by atoms with Gasteiger partial charge in [-0.15, -0.1) is 0 Å². The van der Waals surface area contributed by atoms with Crippen LogP contribution < -0.4 is 10.1 Å². The molecule has 0 saturated carbocycles. The molecule has 4 heteroatoms. The summed E-state index contributed by atoms with van der Waals surface area (Å²) in [5.41, 5.74) is 0. The number of piperazine rings is 1. The molecule has 1 aromatic carbocycles. The summed E-state index contributed by atoms with van der Waals surface area (Å²) in [6.45, 7) is 7.56. The van der Waals surface area contributed by atoms with Crippen molar-refractivity contribution in [1.82, 2.24) is 10.2 Å². The first-order chi connectivity index (χ1) is 9.27. The fourth-order valence-electron chi connectivity index (χ4n) is 2.38. The first kappa shape index (κ1) is 14.6. The van der Waals surface area contributed by atoms with Gasteiger partial charge in [-0.3, -0.25) is 4.90 Å². The Labute approximate surface area is 120 Å². The van der Waals surface area contributed by atoms with Crippen LogP contribution in [0.4, 0.5) is 0 Å². The normalized spacial score (nSPS) is 20.4. The fourth-order valence-corrected chi connectivity index (χ4v) is 2.57. The Hall–Kier alpha value is -0.770. The van der Waals surface area contributed by atoms with Crippen molar-refractivity contribution >= 4 is 11.6 Å². The van der Waals surface area contributed by atoms with Gasteiger partial charge in [0.15, 0.2) is 0 Å². The van der Waals surface area contributed by atoms with Crippen LogP contribution in [-0.2, 0) is 0 Å². The topological polar surface area (TPSA) is 24.5 Å². The lowest BCUT2D eigenvalue weighted by Crippen LogP contribution is -2.49. The number of hydrogen-bond donors (Lipinski definition) is 1. The number of nitrogens with one attached hydrogen (secondary N) is 1. The molecule has 0 aliphatic carbocycles. The first-order valence-electron chi connectivity index (χ1n) is 7.09. The van der Waals surface area contributed by atoms with E-state index in [1.54, 1.807) is 0 Å². The van der Waals surface area contributed by atoms with Crippen molar-refractivity contribution in [3.63, 3.8) is 0 Å². The van der Waals surface area contributed by atoms with Gasteiger partial charge >= 0.3 is 0 Å². The molecule has 1 heterocycles. The molecule has 0 aromatic heterocycles. The molecule has 0 spiro atoms. The molecule has 1 saturated heterocycles. The molecule has 1 aromatic rings. The molecule has 1 fully saturated rings. The molecule has 1 aliphatic heterocycles. The number of rotatable bonds is 6. The molecule has 1 atom stereocenters. The highest BCUT2D eigenvalue weighted by molar-refractivity contribution is 6.32. The Morgan fingerprint density at radius 3 is 3.00 bits per heavy atom. The highest BCUT2D eigenvalue weighted by Gasteiger charge is 2.16. The van der Waals surface area contributed by atoms with E-state index < -0.39 is 0 Å². The van der Waals surface area contributed by atoms with E-state index in [-0.39, 0.29) is 0 Å². The molecule has 0 radical (unpaired) electrons. The van der Waals surface area contributed by atoms with Crippen LogP contribution in [0.2, 0.25) is 5.02 Å². The number of benzene rings is 1. The van der Waals surface area contributed by atoms with E-state index in [2.05, 4.69) is 17.1 Å². The lowest BCUT2D eigenvalue weighted by molar-refractivity contribution is 0.167. The quantitative estimate of drug-likeness (QED) is 0.812. The largest absolute Gasteiger partial charge is 0.492 e. The number of ether oxygens (including phenoxy) is 1. The summed E-state index contributed by atoms with van der Waals surface area (Å²) in [6, 6.07) is 8.29. The third kappa shape index (κ3) is 4.68. The van der Waals surface area contributed by atoms with Crippen molar-refractivity contribution in [2.24, 2.45) is 0 Å². The van der Waals surface area contributed by atoms with Crippen molar-refractivity contribution in [3.8, 4) is 5.75 Å².